The molecule has 17 heavy (non-hydrogen) atoms. The highest BCUT2D eigenvalue weighted by Gasteiger charge is 2.21. The third kappa shape index (κ3) is 2.82. The van der Waals surface area contributed by atoms with E-state index in [-0.39, 0.29) is 5.91 Å². The first-order valence-electron chi connectivity index (χ1n) is 6.12. The molecule has 0 spiro atoms. The molecule has 4 heteroatoms. The van der Waals surface area contributed by atoms with Crippen LogP contribution in [0, 0.1) is 0 Å². The lowest BCUT2D eigenvalue weighted by Crippen LogP contribution is -2.25. The Hall–Kier alpha value is -1.42. The number of rotatable bonds is 4. The Morgan fingerprint density at radius 1 is 1.65 bits per heavy atom. The number of primary amides is 1. The number of aromatic nitrogens is 1. The van der Waals surface area contributed by atoms with Gasteiger partial charge in [0, 0.05) is 12.2 Å². The van der Waals surface area contributed by atoms with Gasteiger partial charge in [-0.1, -0.05) is 0 Å². The number of carbonyl (C=O) groups excluding carboxylic acids is 1. The number of pyridine rings is 1. The van der Waals surface area contributed by atoms with Crippen molar-refractivity contribution in [3.63, 3.8) is 0 Å². The molecule has 1 amide bonds. The van der Waals surface area contributed by atoms with Crippen molar-refractivity contribution in [1.82, 2.24) is 9.88 Å². The maximum Gasteiger partial charge on any atom is 0.250 e. The molecule has 0 saturated carbocycles. The fourth-order valence-corrected chi connectivity index (χ4v) is 2.51. The molecule has 0 aromatic carbocycles. The smallest absolute Gasteiger partial charge is 0.250 e. The number of amides is 1. The van der Waals surface area contributed by atoms with Gasteiger partial charge in [0.15, 0.2) is 0 Å². The molecule has 1 aliphatic rings. The van der Waals surface area contributed by atoms with Gasteiger partial charge >= 0.3 is 0 Å². The molecule has 1 saturated heterocycles. The Labute approximate surface area is 102 Å². The van der Waals surface area contributed by atoms with Crippen LogP contribution in [-0.4, -0.2) is 35.4 Å². The van der Waals surface area contributed by atoms with Crippen molar-refractivity contribution in [1.29, 1.82) is 0 Å². The van der Waals surface area contributed by atoms with E-state index in [4.69, 9.17) is 5.73 Å². The summed E-state index contributed by atoms with van der Waals surface area (Å²) in [6.07, 6.45) is 6.11. The Bertz CT molecular complexity index is 405. The van der Waals surface area contributed by atoms with Crippen molar-refractivity contribution in [3.8, 4) is 0 Å². The molecule has 1 aliphatic heterocycles. The summed E-state index contributed by atoms with van der Waals surface area (Å²) in [4.78, 5) is 17.9. The first-order valence-corrected chi connectivity index (χ1v) is 6.12. The Balaban J connectivity index is 2.01. The van der Waals surface area contributed by atoms with Crippen LogP contribution < -0.4 is 5.73 Å². The molecular formula is C13H19N3O. The van der Waals surface area contributed by atoms with E-state index < -0.39 is 0 Å². The van der Waals surface area contributed by atoms with Gasteiger partial charge in [0.05, 0.1) is 11.3 Å². The van der Waals surface area contributed by atoms with E-state index in [1.807, 2.05) is 0 Å². The molecule has 0 radical (unpaired) electrons. The maximum absolute atomic E-state index is 11.3. The van der Waals surface area contributed by atoms with E-state index in [0.717, 1.165) is 18.5 Å². The van der Waals surface area contributed by atoms with Crippen molar-refractivity contribution in [3.05, 3.63) is 29.6 Å². The summed E-state index contributed by atoms with van der Waals surface area (Å²) in [7, 11) is 2.16. The average Bonchev–Trinajstić information content (AvgIpc) is 2.72. The van der Waals surface area contributed by atoms with Crippen molar-refractivity contribution in [2.75, 3.05) is 13.6 Å². The number of hydrogen-bond donors (Lipinski definition) is 1. The highest BCUT2D eigenvalue weighted by atomic mass is 16.1. The Morgan fingerprint density at radius 2 is 2.47 bits per heavy atom. The van der Waals surface area contributed by atoms with Gasteiger partial charge in [-0.3, -0.25) is 9.78 Å². The summed E-state index contributed by atoms with van der Waals surface area (Å²) in [6.45, 7) is 1.18. The highest BCUT2D eigenvalue weighted by Crippen LogP contribution is 2.20. The van der Waals surface area contributed by atoms with Gasteiger partial charge in [-0.05, 0) is 51.4 Å². The Kier molecular flexibility index (Phi) is 3.74. The van der Waals surface area contributed by atoms with Crippen LogP contribution in [0.2, 0.25) is 0 Å². The zero-order valence-corrected chi connectivity index (χ0v) is 10.2. The normalized spacial score (nSPS) is 20.6. The molecule has 2 N–H and O–H groups in total. The average molecular weight is 233 g/mol. The summed E-state index contributed by atoms with van der Waals surface area (Å²) >= 11 is 0. The van der Waals surface area contributed by atoms with E-state index in [1.165, 1.54) is 19.4 Å². The summed E-state index contributed by atoms with van der Waals surface area (Å²) in [5.41, 5.74) is 6.73. The van der Waals surface area contributed by atoms with Crippen molar-refractivity contribution in [2.45, 2.75) is 31.7 Å². The maximum atomic E-state index is 11.3. The van der Waals surface area contributed by atoms with E-state index in [9.17, 15) is 4.79 Å². The molecule has 1 unspecified atom stereocenters. The zero-order valence-electron chi connectivity index (χ0n) is 10.2. The van der Waals surface area contributed by atoms with Crippen LogP contribution in [0.3, 0.4) is 0 Å². The molecule has 0 aliphatic carbocycles. The number of carbonyl (C=O) groups is 1. The lowest BCUT2D eigenvalue weighted by molar-refractivity contribution is 0.0999. The lowest BCUT2D eigenvalue weighted by atomic mass is 10.0. The monoisotopic (exact) mass is 233 g/mol. The number of nitrogens with zero attached hydrogens (tertiary/aromatic N) is 2. The van der Waals surface area contributed by atoms with Gasteiger partial charge < -0.3 is 10.6 Å². The first-order chi connectivity index (χ1) is 8.18. The van der Waals surface area contributed by atoms with Gasteiger partial charge in [0.2, 0.25) is 0 Å². The molecule has 1 aromatic heterocycles. The minimum Gasteiger partial charge on any atom is -0.366 e. The summed E-state index contributed by atoms with van der Waals surface area (Å²) < 4.78 is 0. The van der Waals surface area contributed by atoms with Gasteiger partial charge in [0.25, 0.3) is 5.91 Å². The molecule has 2 heterocycles. The van der Waals surface area contributed by atoms with Crippen LogP contribution in [0.4, 0.5) is 0 Å². The molecule has 4 nitrogen and oxygen atoms in total. The summed E-state index contributed by atoms with van der Waals surface area (Å²) in [5.74, 6) is -0.382. The van der Waals surface area contributed by atoms with Crippen LogP contribution >= 0.6 is 0 Å². The fraction of sp³-hybridized carbons (Fsp3) is 0.538. The number of likely N-dealkylation sites (tertiary alicyclic amines) is 1. The molecule has 1 atom stereocenters. The van der Waals surface area contributed by atoms with E-state index >= 15 is 0 Å². The van der Waals surface area contributed by atoms with E-state index in [0.29, 0.717) is 11.6 Å². The van der Waals surface area contributed by atoms with Crippen molar-refractivity contribution in [2.24, 2.45) is 5.73 Å². The minimum absolute atomic E-state index is 0.382. The zero-order chi connectivity index (χ0) is 12.3. The second-order valence-corrected chi connectivity index (χ2v) is 4.68. The second-order valence-electron chi connectivity index (χ2n) is 4.68. The molecule has 2 rings (SSSR count). The number of aryl methyl sites for hydroxylation is 1. The second kappa shape index (κ2) is 5.27. The van der Waals surface area contributed by atoms with Crippen LogP contribution in [0.5, 0.6) is 0 Å². The summed E-state index contributed by atoms with van der Waals surface area (Å²) in [6, 6.07) is 4.13. The van der Waals surface area contributed by atoms with Crippen LogP contribution in [-0.2, 0) is 6.42 Å². The minimum atomic E-state index is -0.382. The summed E-state index contributed by atoms with van der Waals surface area (Å²) in [5, 5.41) is 0. The van der Waals surface area contributed by atoms with Gasteiger partial charge in [-0.15, -0.1) is 0 Å². The molecule has 1 aromatic rings. The Morgan fingerprint density at radius 3 is 3.12 bits per heavy atom. The van der Waals surface area contributed by atoms with E-state index in [1.54, 1.807) is 18.3 Å². The number of hydrogen-bond acceptors (Lipinski definition) is 3. The van der Waals surface area contributed by atoms with Crippen LogP contribution in [0.25, 0.3) is 0 Å². The third-order valence-electron chi connectivity index (χ3n) is 3.54. The molecular weight excluding hydrogens is 214 g/mol. The molecule has 1 fully saturated rings. The predicted octanol–water partition coefficient (Wildman–Crippen LogP) is 1.21. The topological polar surface area (TPSA) is 59.2 Å². The first kappa shape index (κ1) is 12.0. The van der Waals surface area contributed by atoms with Gasteiger partial charge in [-0.25, -0.2) is 0 Å². The quantitative estimate of drug-likeness (QED) is 0.850. The fourth-order valence-electron chi connectivity index (χ4n) is 2.51. The van der Waals surface area contributed by atoms with Crippen LogP contribution in [0.1, 0.15) is 35.3 Å². The molecule has 0 bridgehead atoms. The highest BCUT2D eigenvalue weighted by molar-refractivity contribution is 5.93. The molecule has 92 valence electrons. The third-order valence-corrected chi connectivity index (χ3v) is 3.54. The standard InChI is InChI=1S/C13H19N3O/c1-16-9-3-4-10(16)6-7-12-11(13(14)17)5-2-8-15-12/h2,5,8,10H,3-4,6-7,9H2,1H3,(H2,14,17). The SMILES string of the molecule is CN1CCCC1CCc1ncccc1C(N)=O. The largest absolute Gasteiger partial charge is 0.366 e. The van der Waals surface area contributed by atoms with Crippen molar-refractivity contribution < 1.29 is 4.79 Å². The lowest BCUT2D eigenvalue weighted by Gasteiger charge is -2.19. The van der Waals surface area contributed by atoms with E-state index in [2.05, 4.69) is 16.9 Å². The van der Waals surface area contributed by atoms with Gasteiger partial charge in [0.1, 0.15) is 0 Å². The number of nitrogens with two attached hydrogens (primary N) is 1. The van der Waals surface area contributed by atoms with Gasteiger partial charge in [-0.2, -0.15) is 0 Å². The van der Waals surface area contributed by atoms with Crippen molar-refractivity contribution >= 4 is 5.91 Å². The predicted molar refractivity (Wildman–Crippen MR) is 66.7 cm³/mol. The van der Waals surface area contributed by atoms with Crippen LogP contribution in [0.15, 0.2) is 18.3 Å².